The molecule has 2 aromatic rings. The predicted octanol–water partition coefficient (Wildman–Crippen LogP) is 3.75. The highest BCUT2D eigenvalue weighted by Gasteiger charge is 2.26. The minimum atomic E-state index is -0.700. The number of alkyl carbamates (subject to hydrolysis) is 1. The lowest BCUT2D eigenvalue weighted by Gasteiger charge is -2.22. The van der Waals surface area contributed by atoms with Gasteiger partial charge in [0.25, 0.3) is 0 Å². The lowest BCUT2D eigenvalue weighted by atomic mass is 10.2. The van der Waals surface area contributed by atoms with Gasteiger partial charge in [0.15, 0.2) is 0 Å². The number of aromatic nitrogens is 2. The average molecular weight is 407 g/mol. The molecule has 28 heavy (non-hydrogen) atoms. The van der Waals surface area contributed by atoms with E-state index < -0.39 is 23.7 Å². The Morgan fingerprint density at radius 1 is 1.21 bits per heavy atom. The molecule has 1 N–H and O–H groups in total. The molecule has 0 aliphatic carbocycles. The van der Waals surface area contributed by atoms with E-state index in [2.05, 4.69) is 15.5 Å². The second kappa shape index (κ2) is 10.1. The number of amides is 1. The van der Waals surface area contributed by atoms with E-state index >= 15 is 0 Å². The van der Waals surface area contributed by atoms with Gasteiger partial charge in [-0.1, -0.05) is 30.3 Å². The Kier molecular flexibility index (Phi) is 7.86. The van der Waals surface area contributed by atoms with Crippen LogP contribution in [0.3, 0.4) is 0 Å². The van der Waals surface area contributed by atoms with E-state index in [0.717, 1.165) is 11.3 Å². The normalized spacial score (nSPS) is 12.3. The van der Waals surface area contributed by atoms with Crippen LogP contribution in [0.4, 0.5) is 4.79 Å². The molecule has 1 aromatic carbocycles. The van der Waals surface area contributed by atoms with Crippen LogP contribution in [-0.2, 0) is 15.2 Å². The highest BCUT2D eigenvalue weighted by Crippen LogP contribution is 2.22. The summed E-state index contributed by atoms with van der Waals surface area (Å²) >= 11 is 1.58. The molecule has 0 bridgehead atoms. The van der Waals surface area contributed by atoms with Crippen molar-refractivity contribution in [2.75, 3.05) is 12.4 Å². The molecular formula is C19H25N3O5S. The Morgan fingerprint density at radius 3 is 2.57 bits per heavy atom. The standard InChI is InChI=1S/C19H25N3O5S/c1-5-25-17(23)16-22-21-15(26-16)14(20-18(24)27-19(2,3)4)12-28-11-13-9-7-6-8-10-13/h6-10,14H,5,11-12H2,1-4H3,(H,20,24)/t14-/m0/s1. The van der Waals surface area contributed by atoms with Gasteiger partial charge in [0, 0.05) is 11.5 Å². The van der Waals surface area contributed by atoms with Crippen molar-refractivity contribution < 1.29 is 23.5 Å². The number of hydrogen-bond donors (Lipinski definition) is 1. The minimum Gasteiger partial charge on any atom is -0.459 e. The van der Waals surface area contributed by atoms with Gasteiger partial charge >= 0.3 is 18.0 Å². The lowest BCUT2D eigenvalue weighted by Crippen LogP contribution is -2.36. The summed E-state index contributed by atoms with van der Waals surface area (Å²) in [6.45, 7) is 7.21. The SMILES string of the molecule is CCOC(=O)c1nnc([C@H](CSCc2ccccc2)NC(=O)OC(C)(C)C)o1. The molecule has 2 rings (SSSR count). The van der Waals surface area contributed by atoms with Crippen LogP contribution in [0.15, 0.2) is 34.7 Å². The number of rotatable bonds is 8. The van der Waals surface area contributed by atoms with Crippen molar-refractivity contribution in [3.8, 4) is 0 Å². The number of esters is 1. The second-order valence-corrected chi connectivity index (χ2v) is 7.90. The molecule has 8 nitrogen and oxygen atoms in total. The van der Waals surface area contributed by atoms with Gasteiger partial charge in [-0.15, -0.1) is 10.2 Å². The van der Waals surface area contributed by atoms with Crippen molar-refractivity contribution in [1.82, 2.24) is 15.5 Å². The van der Waals surface area contributed by atoms with Gasteiger partial charge in [0.1, 0.15) is 11.6 Å². The third kappa shape index (κ3) is 7.22. The summed E-state index contributed by atoms with van der Waals surface area (Å²) in [6, 6.07) is 9.32. The third-order valence-electron chi connectivity index (χ3n) is 3.28. The number of carbonyl (C=O) groups excluding carboxylic acids is 2. The van der Waals surface area contributed by atoms with Crippen LogP contribution < -0.4 is 5.32 Å². The van der Waals surface area contributed by atoms with Crippen molar-refractivity contribution in [3.05, 3.63) is 47.7 Å². The van der Waals surface area contributed by atoms with E-state index in [4.69, 9.17) is 13.9 Å². The van der Waals surface area contributed by atoms with Crippen LogP contribution in [0.5, 0.6) is 0 Å². The third-order valence-corrected chi connectivity index (χ3v) is 4.38. The highest BCUT2D eigenvalue weighted by molar-refractivity contribution is 7.98. The molecule has 0 saturated heterocycles. The number of hydrogen-bond acceptors (Lipinski definition) is 8. The zero-order chi connectivity index (χ0) is 20.6. The van der Waals surface area contributed by atoms with Gasteiger partial charge in [-0.3, -0.25) is 0 Å². The van der Waals surface area contributed by atoms with Gasteiger partial charge in [0.05, 0.1) is 6.61 Å². The molecule has 1 aromatic heterocycles. The zero-order valence-electron chi connectivity index (χ0n) is 16.4. The molecule has 0 fully saturated rings. The fourth-order valence-corrected chi connectivity index (χ4v) is 3.15. The fourth-order valence-electron chi connectivity index (χ4n) is 2.14. The number of carbonyl (C=O) groups is 2. The summed E-state index contributed by atoms with van der Waals surface area (Å²) < 4.78 is 15.6. The van der Waals surface area contributed by atoms with Crippen molar-refractivity contribution in [1.29, 1.82) is 0 Å². The number of benzene rings is 1. The van der Waals surface area contributed by atoms with Crippen LogP contribution in [0.1, 0.15) is 55.9 Å². The minimum absolute atomic E-state index is 0.120. The Hall–Kier alpha value is -2.55. The van der Waals surface area contributed by atoms with Gasteiger partial charge in [-0.25, -0.2) is 9.59 Å². The van der Waals surface area contributed by atoms with Crippen molar-refractivity contribution >= 4 is 23.8 Å². The van der Waals surface area contributed by atoms with E-state index in [1.165, 1.54) is 0 Å². The van der Waals surface area contributed by atoms with E-state index in [9.17, 15) is 9.59 Å². The molecule has 1 amide bonds. The molecule has 0 radical (unpaired) electrons. The summed E-state index contributed by atoms with van der Waals surface area (Å²) in [5.41, 5.74) is 0.512. The Labute approximate surface area is 168 Å². The van der Waals surface area contributed by atoms with Gasteiger partial charge in [-0.2, -0.15) is 11.8 Å². The summed E-state index contributed by atoms with van der Waals surface area (Å²) in [4.78, 5) is 23.9. The van der Waals surface area contributed by atoms with Crippen LogP contribution in [0.25, 0.3) is 0 Å². The molecule has 1 atom stereocenters. The maximum absolute atomic E-state index is 12.2. The maximum Gasteiger partial charge on any atom is 0.408 e. The smallest absolute Gasteiger partial charge is 0.408 e. The molecule has 0 unspecified atom stereocenters. The lowest BCUT2D eigenvalue weighted by molar-refractivity contribution is 0.0476. The quantitative estimate of drug-likeness (QED) is 0.660. The van der Waals surface area contributed by atoms with Gasteiger partial charge in [0.2, 0.25) is 5.89 Å². The first kappa shape index (κ1) is 21.7. The predicted molar refractivity (Wildman–Crippen MR) is 105 cm³/mol. The molecule has 9 heteroatoms. The van der Waals surface area contributed by atoms with E-state index in [1.807, 2.05) is 30.3 Å². The first-order chi connectivity index (χ1) is 13.3. The summed E-state index contributed by atoms with van der Waals surface area (Å²) in [5, 5.41) is 10.3. The van der Waals surface area contributed by atoms with Crippen molar-refractivity contribution in [2.24, 2.45) is 0 Å². The molecule has 0 aliphatic heterocycles. The van der Waals surface area contributed by atoms with Crippen LogP contribution in [0.2, 0.25) is 0 Å². The van der Waals surface area contributed by atoms with Crippen LogP contribution in [-0.4, -0.2) is 40.2 Å². The molecule has 152 valence electrons. The van der Waals surface area contributed by atoms with E-state index in [1.54, 1.807) is 39.5 Å². The monoisotopic (exact) mass is 407 g/mol. The molecular weight excluding hydrogens is 382 g/mol. The number of nitrogens with zero attached hydrogens (tertiary/aromatic N) is 2. The molecule has 0 spiro atoms. The van der Waals surface area contributed by atoms with Crippen LogP contribution >= 0.6 is 11.8 Å². The van der Waals surface area contributed by atoms with Crippen molar-refractivity contribution in [2.45, 2.75) is 45.1 Å². The Balaban J connectivity index is 2.06. The average Bonchev–Trinajstić information content (AvgIpc) is 3.10. The number of nitrogens with one attached hydrogen (secondary N) is 1. The Bertz CT molecular complexity index is 773. The summed E-state index contributed by atoms with van der Waals surface area (Å²) in [7, 11) is 0. The zero-order valence-corrected chi connectivity index (χ0v) is 17.2. The first-order valence-corrected chi connectivity index (χ1v) is 10.1. The fraction of sp³-hybridized carbons (Fsp3) is 0.474. The number of thioether (sulfide) groups is 1. The first-order valence-electron chi connectivity index (χ1n) is 8.90. The van der Waals surface area contributed by atoms with Crippen molar-refractivity contribution in [3.63, 3.8) is 0 Å². The molecule has 0 aliphatic rings. The van der Waals surface area contributed by atoms with Gasteiger partial charge in [-0.05, 0) is 33.3 Å². The molecule has 0 saturated carbocycles. The number of ether oxygens (including phenoxy) is 2. The summed E-state index contributed by atoms with van der Waals surface area (Å²) in [6.07, 6.45) is -0.603. The van der Waals surface area contributed by atoms with E-state index in [-0.39, 0.29) is 18.4 Å². The molecule has 1 heterocycles. The summed E-state index contributed by atoms with van der Waals surface area (Å²) in [5.74, 6) is 0.370. The topological polar surface area (TPSA) is 104 Å². The largest absolute Gasteiger partial charge is 0.459 e. The van der Waals surface area contributed by atoms with Gasteiger partial charge < -0.3 is 19.2 Å². The van der Waals surface area contributed by atoms with Crippen LogP contribution in [0, 0.1) is 0 Å². The maximum atomic E-state index is 12.2. The second-order valence-electron chi connectivity index (χ2n) is 6.87. The Morgan fingerprint density at radius 2 is 1.93 bits per heavy atom. The highest BCUT2D eigenvalue weighted by atomic mass is 32.2. The van der Waals surface area contributed by atoms with E-state index in [0.29, 0.717) is 5.75 Å².